The van der Waals surface area contributed by atoms with Crippen molar-refractivity contribution in [3.05, 3.63) is 12.7 Å². The first-order valence-corrected chi connectivity index (χ1v) is 7.10. The van der Waals surface area contributed by atoms with Crippen LogP contribution in [0, 0.1) is 5.92 Å². The fourth-order valence-corrected chi connectivity index (χ4v) is 2.40. The van der Waals surface area contributed by atoms with Gasteiger partial charge in [-0.1, -0.05) is 6.08 Å². The molecule has 0 aromatic heterocycles. The summed E-state index contributed by atoms with van der Waals surface area (Å²) < 4.78 is 0. The molecule has 2 N–H and O–H groups in total. The van der Waals surface area contributed by atoms with E-state index in [2.05, 4.69) is 23.8 Å². The van der Waals surface area contributed by atoms with Crippen LogP contribution < -0.4 is 5.32 Å². The molecule has 110 valence electrons. The second-order valence-electron chi connectivity index (χ2n) is 5.23. The lowest BCUT2D eigenvalue weighted by Crippen LogP contribution is -2.42. The molecular formula is C14H27N3O2. The predicted octanol–water partition coefficient (Wildman–Crippen LogP) is 0.908. The zero-order valence-corrected chi connectivity index (χ0v) is 12.0. The van der Waals surface area contributed by atoms with E-state index < -0.39 is 0 Å². The zero-order chi connectivity index (χ0) is 14.1. The molecule has 0 radical (unpaired) electrons. The molecule has 2 amide bonds. The predicted molar refractivity (Wildman–Crippen MR) is 77.1 cm³/mol. The minimum Gasteiger partial charge on any atom is -0.395 e. The normalized spacial score (nSPS) is 17.2. The SMILES string of the molecule is C=CCN(CCO)C(=O)NCCC1CCN(C)CC1. The number of carbonyl (C=O) groups is 1. The van der Waals surface area contributed by atoms with E-state index in [1.54, 1.807) is 11.0 Å². The number of nitrogens with one attached hydrogen (secondary N) is 1. The van der Waals surface area contributed by atoms with Crippen molar-refractivity contribution in [2.24, 2.45) is 5.92 Å². The first-order chi connectivity index (χ1) is 9.17. The first kappa shape index (κ1) is 16.0. The van der Waals surface area contributed by atoms with Gasteiger partial charge in [-0.05, 0) is 45.3 Å². The largest absolute Gasteiger partial charge is 0.395 e. The Labute approximate surface area is 116 Å². The molecule has 19 heavy (non-hydrogen) atoms. The van der Waals surface area contributed by atoms with Crippen LogP contribution in [-0.4, -0.2) is 67.3 Å². The Hall–Kier alpha value is -1.07. The Bertz CT molecular complexity index is 276. The van der Waals surface area contributed by atoms with Gasteiger partial charge in [-0.3, -0.25) is 0 Å². The molecule has 5 heteroatoms. The Morgan fingerprint density at radius 2 is 2.21 bits per heavy atom. The summed E-state index contributed by atoms with van der Waals surface area (Å²) in [6.07, 6.45) is 5.16. The van der Waals surface area contributed by atoms with Gasteiger partial charge in [0.2, 0.25) is 0 Å². The fourth-order valence-electron chi connectivity index (χ4n) is 2.40. The van der Waals surface area contributed by atoms with E-state index in [-0.39, 0.29) is 12.6 Å². The smallest absolute Gasteiger partial charge is 0.317 e. The monoisotopic (exact) mass is 269 g/mol. The standard InChI is InChI=1S/C14H27N3O2/c1-3-8-17(11-12-18)14(19)15-7-4-13-5-9-16(2)10-6-13/h3,13,18H,1,4-12H2,2H3,(H,15,19). The number of hydrogen-bond donors (Lipinski definition) is 2. The average Bonchev–Trinajstić information content (AvgIpc) is 2.40. The molecule has 0 unspecified atom stereocenters. The molecule has 1 saturated heterocycles. The molecule has 1 heterocycles. The summed E-state index contributed by atoms with van der Waals surface area (Å²) >= 11 is 0. The quantitative estimate of drug-likeness (QED) is 0.675. The molecule has 1 aliphatic rings. The van der Waals surface area contributed by atoms with Gasteiger partial charge in [0.15, 0.2) is 0 Å². The van der Waals surface area contributed by atoms with Gasteiger partial charge in [-0.15, -0.1) is 6.58 Å². The van der Waals surface area contributed by atoms with Gasteiger partial charge in [0.1, 0.15) is 0 Å². The van der Waals surface area contributed by atoms with Crippen molar-refractivity contribution in [1.82, 2.24) is 15.1 Å². The molecule has 1 aliphatic heterocycles. The van der Waals surface area contributed by atoms with Crippen molar-refractivity contribution in [2.75, 3.05) is 46.4 Å². The maximum atomic E-state index is 11.9. The molecule has 0 spiro atoms. The van der Waals surface area contributed by atoms with Crippen LogP contribution in [0.2, 0.25) is 0 Å². The third kappa shape index (κ3) is 6.07. The van der Waals surface area contributed by atoms with Crippen molar-refractivity contribution in [1.29, 1.82) is 0 Å². The second kappa shape index (κ2) is 8.93. The number of urea groups is 1. The van der Waals surface area contributed by atoms with Crippen LogP contribution in [0.3, 0.4) is 0 Å². The third-order valence-corrected chi connectivity index (χ3v) is 3.67. The molecule has 0 aromatic carbocycles. The van der Waals surface area contributed by atoms with Crippen LogP contribution in [0.4, 0.5) is 4.79 Å². The zero-order valence-electron chi connectivity index (χ0n) is 12.0. The van der Waals surface area contributed by atoms with Crippen molar-refractivity contribution in [2.45, 2.75) is 19.3 Å². The van der Waals surface area contributed by atoms with Crippen molar-refractivity contribution >= 4 is 6.03 Å². The van der Waals surface area contributed by atoms with E-state index in [0.717, 1.165) is 25.4 Å². The topological polar surface area (TPSA) is 55.8 Å². The highest BCUT2D eigenvalue weighted by Crippen LogP contribution is 2.18. The molecule has 5 nitrogen and oxygen atoms in total. The Kier molecular flexibility index (Phi) is 7.52. The van der Waals surface area contributed by atoms with E-state index in [1.165, 1.54) is 12.8 Å². The van der Waals surface area contributed by atoms with Crippen LogP contribution in [-0.2, 0) is 0 Å². The van der Waals surface area contributed by atoms with Gasteiger partial charge in [0.05, 0.1) is 6.61 Å². The summed E-state index contributed by atoms with van der Waals surface area (Å²) in [6, 6.07) is -0.109. The summed E-state index contributed by atoms with van der Waals surface area (Å²) in [5.74, 6) is 0.724. The van der Waals surface area contributed by atoms with E-state index >= 15 is 0 Å². The van der Waals surface area contributed by atoms with Crippen LogP contribution in [0.25, 0.3) is 0 Å². The number of aliphatic hydroxyl groups excluding tert-OH is 1. The summed E-state index contributed by atoms with van der Waals surface area (Å²) in [5, 5.41) is 11.8. The van der Waals surface area contributed by atoms with Crippen LogP contribution in [0.5, 0.6) is 0 Å². The summed E-state index contributed by atoms with van der Waals surface area (Å²) in [4.78, 5) is 15.8. The van der Waals surface area contributed by atoms with Crippen molar-refractivity contribution in [3.8, 4) is 0 Å². The summed E-state index contributed by atoms with van der Waals surface area (Å²) in [7, 11) is 2.15. The van der Waals surface area contributed by atoms with Crippen LogP contribution in [0.15, 0.2) is 12.7 Å². The number of hydrogen-bond acceptors (Lipinski definition) is 3. The number of carbonyl (C=O) groups excluding carboxylic acids is 1. The van der Waals surface area contributed by atoms with Gasteiger partial charge >= 0.3 is 6.03 Å². The maximum Gasteiger partial charge on any atom is 0.317 e. The number of piperidine rings is 1. The molecular weight excluding hydrogens is 242 g/mol. The van der Waals surface area contributed by atoms with E-state index in [1.807, 2.05) is 0 Å². The van der Waals surface area contributed by atoms with E-state index in [0.29, 0.717) is 19.6 Å². The lowest BCUT2D eigenvalue weighted by Gasteiger charge is -2.29. The van der Waals surface area contributed by atoms with Gasteiger partial charge < -0.3 is 20.2 Å². The Morgan fingerprint density at radius 1 is 1.53 bits per heavy atom. The molecule has 0 aliphatic carbocycles. The Balaban J connectivity index is 2.19. The van der Waals surface area contributed by atoms with Crippen LogP contribution in [0.1, 0.15) is 19.3 Å². The van der Waals surface area contributed by atoms with Crippen molar-refractivity contribution < 1.29 is 9.90 Å². The highest BCUT2D eigenvalue weighted by Gasteiger charge is 2.17. The highest BCUT2D eigenvalue weighted by molar-refractivity contribution is 5.74. The third-order valence-electron chi connectivity index (χ3n) is 3.67. The number of likely N-dealkylation sites (tertiary alicyclic amines) is 1. The van der Waals surface area contributed by atoms with Gasteiger partial charge in [0, 0.05) is 19.6 Å². The molecule has 0 saturated carbocycles. The first-order valence-electron chi connectivity index (χ1n) is 7.10. The molecule has 0 bridgehead atoms. The summed E-state index contributed by atoms with van der Waals surface area (Å²) in [5.41, 5.74) is 0. The summed E-state index contributed by atoms with van der Waals surface area (Å²) in [6.45, 7) is 7.46. The number of rotatable bonds is 7. The van der Waals surface area contributed by atoms with Crippen LogP contribution >= 0.6 is 0 Å². The number of amides is 2. The second-order valence-corrected chi connectivity index (χ2v) is 5.23. The highest BCUT2D eigenvalue weighted by atomic mass is 16.3. The minimum atomic E-state index is -0.109. The molecule has 1 rings (SSSR count). The lowest BCUT2D eigenvalue weighted by molar-refractivity contribution is 0.180. The lowest BCUT2D eigenvalue weighted by atomic mass is 9.94. The van der Waals surface area contributed by atoms with Gasteiger partial charge in [0.25, 0.3) is 0 Å². The van der Waals surface area contributed by atoms with E-state index in [4.69, 9.17) is 5.11 Å². The number of aliphatic hydroxyl groups is 1. The Morgan fingerprint density at radius 3 is 2.79 bits per heavy atom. The van der Waals surface area contributed by atoms with Crippen molar-refractivity contribution in [3.63, 3.8) is 0 Å². The molecule has 0 aromatic rings. The fraction of sp³-hybridized carbons (Fsp3) is 0.786. The maximum absolute atomic E-state index is 11.9. The average molecular weight is 269 g/mol. The van der Waals surface area contributed by atoms with Gasteiger partial charge in [-0.25, -0.2) is 4.79 Å². The molecule has 1 fully saturated rings. The molecule has 0 atom stereocenters. The van der Waals surface area contributed by atoms with Gasteiger partial charge in [-0.2, -0.15) is 0 Å². The number of nitrogens with zero attached hydrogens (tertiary/aromatic N) is 2. The van der Waals surface area contributed by atoms with E-state index in [9.17, 15) is 4.79 Å². The minimum absolute atomic E-state index is 0.0176.